The summed E-state index contributed by atoms with van der Waals surface area (Å²) in [5.41, 5.74) is 4.41. The maximum Gasteiger partial charge on any atom is 0.0936 e. The Morgan fingerprint density at radius 1 is 1.22 bits per heavy atom. The first-order chi connectivity index (χ1) is 11.1. The Bertz CT molecular complexity index is 726. The van der Waals surface area contributed by atoms with Crippen molar-refractivity contribution in [1.82, 2.24) is 10.2 Å². The van der Waals surface area contributed by atoms with Crippen molar-refractivity contribution in [2.75, 3.05) is 0 Å². The van der Waals surface area contributed by atoms with E-state index in [-0.39, 0.29) is 0 Å². The molecule has 0 radical (unpaired) electrons. The molecule has 1 atom stereocenters. The summed E-state index contributed by atoms with van der Waals surface area (Å²) in [5.74, 6) is 1.10. The van der Waals surface area contributed by atoms with Gasteiger partial charge in [-0.3, -0.25) is 0 Å². The quantitative estimate of drug-likeness (QED) is 0.626. The number of benzene rings is 1. The molecule has 120 valence electrons. The Kier molecular flexibility index (Phi) is 4.76. The van der Waals surface area contributed by atoms with E-state index in [0.717, 1.165) is 52.0 Å². The molecule has 0 saturated carbocycles. The number of aromatic nitrogens is 2. The van der Waals surface area contributed by atoms with Crippen LogP contribution in [-0.2, 0) is 6.42 Å². The van der Waals surface area contributed by atoms with E-state index >= 15 is 0 Å². The topological polar surface area (TPSA) is 58.4 Å². The van der Waals surface area contributed by atoms with Crippen molar-refractivity contribution in [1.29, 1.82) is 0 Å². The minimum Gasteiger partial charge on any atom is -0.411 e. The molecule has 3 rings (SSSR count). The van der Waals surface area contributed by atoms with Crippen LogP contribution in [0.15, 0.2) is 40.0 Å². The van der Waals surface area contributed by atoms with Gasteiger partial charge < -0.3 is 5.21 Å². The molecule has 1 heterocycles. The molecule has 1 aliphatic carbocycles. The van der Waals surface area contributed by atoms with E-state index in [9.17, 15) is 5.21 Å². The Morgan fingerprint density at radius 3 is 2.61 bits per heavy atom. The summed E-state index contributed by atoms with van der Waals surface area (Å²) in [6.45, 7) is 4.43. The first-order valence-electron chi connectivity index (χ1n) is 7.90. The molecule has 0 fully saturated rings. The van der Waals surface area contributed by atoms with Crippen molar-refractivity contribution in [3.05, 3.63) is 46.1 Å². The highest BCUT2D eigenvalue weighted by molar-refractivity contribution is 9.10. The molecule has 1 aromatic heterocycles. The number of rotatable bonds is 3. The zero-order valence-electron chi connectivity index (χ0n) is 13.3. The molecule has 2 aromatic rings. The molecular weight excluding hydrogens is 354 g/mol. The van der Waals surface area contributed by atoms with Crippen molar-refractivity contribution >= 4 is 21.6 Å². The predicted octanol–water partition coefficient (Wildman–Crippen LogP) is 4.69. The van der Waals surface area contributed by atoms with Gasteiger partial charge in [-0.15, -0.1) is 0 Å². The third kappa shape index (κ3) is 3.61. The molecule has 4 nitrogen and oxygen atoms in total. The lowest BCUT2D eigenvalue weighted by molar-refractivity contribution is 0.313. The van der Waals surface area contributed by atoms with Gasteiger partial charge in [0.25, 0.3) is 0 Å². The van der Waals surface area contributed by atoms with Gasteiger partial charge in [-0.25, -0.2) is 0 Å². The summed E-state index contributed by atoms with van der Waals surface area (Å²) >= 11 is 3.44. The molecule has 0 saturated heterocycles. The van der Waals surface area contributed by atoms with Gasteiger partial charge in [0.15, 0.2) is 0 Å². The smallest absolute Gasteiger partial charge is 0.0936 e. The summed E-state index contributed by atoms with van der Waals surface area (Å²) in [5, 5.41) is 21.8. The summed E-state index contributed by atoms with van der Waals surface area (Å²) in [7, 11) is 0. The Labute approximate surface area is 144 Å². The van der Waals surface area contributed by atoms with Gasteiger partial charge in [-0.2, -0.15) is 10.2 Å². The van der Waals surface area contributed by atoms with Crippen LogP contribution in [0.25, 0.3) is 11.3 Å². The summed E-state index contributed by atoms with van der Waals surface area (Å²) in [6, 6.07) is 9.96. The van der Waals surface area contributed by atoms with E-state index in [1.807, 2.05) is 30.3 Å². The predicted molar refractivity (Wildman–Crippen MR) is 94.8 cm³/mol. The Hall–Kier alpha value is -1.75. The van der Waals surface area contributed by atoms with E-state index in [2.05, 4.69) is 45.1 Å². The van der Waals surface area contributed by atoms with Gasteiger partial charge in [0.2, 0.25) is 0 Å². The average molecular weight is 374 g/mol. The maximum atomic E-state index is 9.42. The highest BCUT2D eigenvalue weighted by Crippen LogP contribution is 2.31. The number of halogens is 1. The molecule has 0 amide bonds. The second-order valence-corrected chi connectivity index (χ2v) is 7.46. The molecule has 0 spiro atoms. The van der Waals surface area contributed by atoms with E-state index in [4.69, 9.17) is 0 Å². The fourth-order valence-corrected chi connectivity index (χ4v) is 3.50. The first kappa shape index (κ1) is 16.1. The van der Waals surface area contributed by atoms with Crippen LogP contribution in [0.4, 0.5) is 0 Å². The molecular formula is C18H20BrN3O. The number of hydrogen-bond acceptors (Lipinski definition) is 4. The summed E-state index contributed by atoms with van der Waals surface area (Å²) in [6.07, 6.45) is 2.81. The second-order valence-electron chi connectivity index (χ2n) is 6.55. The number of nitrogens with zero attached hydrogens (tertiary/aromatic N) is 3. The molecule has 0 bridgehead atoms. The molecule has 5 heteroatoms. The van der Waals surface area contributed by atoms with Crippen LogP contribution in [-0.4, -0.2) is 21.1 Å². The molecule has 1 aliphatic rings. The first-order valence-corrected chi connectivity index (χ1v) is 8.70. The van der Waals surface area contributed by atoms with Crippen molar-refractivity contribution in [2.45, 2.75) is 33.1 Å². The Balaban J connectivity index is 1.95. The lowest BCUT2D eigenvalue weighted by Gasteiger charge is -2.25. The minimum atomic E-state index is 0.473. The van der Waals surface area contributed by atoms with Crippen LogP contribution in [0.3, 0.4) is 0 Å². The van der Waals surface area contributed by atoms with E-state index in [1.165, 1.54) is 0 Å². The largest absolute Gasteiger partial charge is 0.411 e. The molecule has 0 aliphatic heterocycles. The molecule has 1 N–H and O–H groups in total. The van der Waals surface area contributed by atoms with Gasteiger partial charge in [0.05, 0.1) is 17.1 Å². The van der Waals surface area contributed by atoms with Crippen LogP contribution < -0.4 is 0 Å². The van der Waals surface area contributed by atoms with Gasteiger partial charge in [-0.1, -0.05) is 47.1 Å². The fourth-order valence-electron chi connectivity index (χ4n) is 3.24. The minimum absolute atomic E-state index is 0.473. The van der Waals surface area contributed by atoms with Crippen molar-refractivity contribution in [2.24, 2.45) is 17.0 Å². The molecule has 1 unspecified atom stereocenters. The van der Waals surface area contributed by atoms with Crippen LogP contribution in [0.5, 0.6) is 0 Å². The van der Waals surface area contributed by atoms with Gasteiger partial charge in [0, 0.05) is 15.6 Å². The Morgan fingerprint density at radius 2 is 1.96 bits per heavy atom. The number of oxime groups is 1. The van der Waals surface area contributed by atoms with Crippen molar-refractivity contribution in [3.8, 4) is 11.3 Å². The standard InChI is InChI=1S/C18H20BrN3O/c1-11(2)7-12-8-17-15(18(9-12)22-23)10-16(20-21-17)13-3-5-14(19)6-4-13/h3-6,10-12,23H,7-9H2,1-2H3. The van der Waals surface area contributed by atoms with Gasteiger partial charge >= 0.3 is 0 Å². The third-order valence-corrected chi connectivity index (χ3v) is 4.74. The number of hydrogen-bond donors (Lipinski definition) is 1. The van der Waals surface area contributed by atoms with E-state index in [0.29, 0.717) is 11.8 Å². The normalized spacial score (nSPS) is 19.1. The molecule has 23 heavy (non-hydrogen) atoms. The van der Waals surface area contributed by atoms with E-state index in [1.54, 1.807) is 0 Å². The lowest BCUT2D eigenvalue weighted by Crippen LogP contribution is -2.24. The average Bonchev–Trinajstić information content (AvgIpc) is 2.54. The lowest BCUT2D eigenvalue weighted by atomic mass is 9.81. The SMILES string of the molecule is CC(C)CC1CC(=NO)c2cc(-c3ccc(Br)cc3)nnc2C1. The highest BCUT2D eigenvalue weighted by atomic mass is 79.9. The fraction of sp³-hybridized carbons (Fsp3) is 0.389. The van der Waals surface area contributed by atoms with Crippen molar-refractivity contribution < 1.29 is 5.21 Å². The maximum absolute atomic E-state index is 9.42. The zero-order chi connectivity index (χ0) is 16.4. The van der Waals surface area contributed by atoms with Gasteiger partial charge in [-0.05, 0) is 49.3 Å². The summed E-state index contributed by atoms with van der Waals surface area (Å²) in [4.78, 5) is 0. The zero-order valence-corrected chi connectivity index (χ0v) is 14.9. The highest BCUT2D eigenvalue weighted by Gasteiger charge is 2.26. The molecule has 1 aromatic carbocycles. The van der Waals surface area contributed by atoms with Crippen LogP contribution in [0.2, 0.25) is 0 Å². The summed E-state index contributed by atoms with van der Waals surface area (Å²) < 4.78 is 1.03. The van der Waals surface area contributed by atoms with Crippen LogP contribution >= 0.6 is 15.9 Å². The number of fused-ring (bicyclic) bond motifs is 1. The van der Waals surface area contributed by atoms with E-state index < -0.39 is 0 Å². The van der Waals surface area contributed by atoms with Crippen LogP contribution in [0.1, 0.15) is 37.9 Å². The van der Waals surface area contributed by atoms with Gasteiger partial charge in [0.1, 0.15) is 0 Å². The van der Waals surface area contributed by atoms with Crippen molar-refractivity contribution in [3.63, 3.8) is 0 Å². The second kappa shape index (κ2) is 6.79. The van der Waals surface area contributed by atoms with Crippen LogP contribution in [0, 0.1) is 11.8 Å². The third-order valence-electron chi connectivity index (χ3n) is 4.21. The monoisotopic (exact) mass is 373 g/mol.